The standard InChI is InChI=1S/2C2F6NO4S2.Mn/c2*3-1(4,5)14(10,11)9-15(12,13)2(6,7)8;/q2*-1;. The number of halogens is 12. The van der Waals surface area contributed by atoms with Crippen molar-refractivity contribution in [1.82, 2.24) is 0 Å². The number of rotatable bonds is 4. The summed E-state index contributed by atoms with van der Waals surface area (Å²) in [6.45, 7) is 0. The van der Waals surface area contributed by atoms with Gasteiger partial charge in [0.25, 0.3) is 0 Å². The molecule has 10 nitrogen and oxygen atoms in total. The Kier molecular flexibility index (Phi) is 11.0. The Morgan fingerprint density at radius 2 is 0.452 bits per heavy atom. The van der Waals surface area contributed by atoms with Crippen LogP contribution in [0, 0.1) is 0 Å². The van der Waals surface area contributed by atoms with E-state index in [1.807, 2.05) is 0 Å². The van der Waals surface area contributed by atoms with Crippen molar-refractivity contribution < 1.29 is 103 Å². The molecule has 0 saturated carbocycles. The minimum absolute atomic E-state index is 0. The molecule has 0 bridgehead atoms. The molecule has 0 fully saturated rings. The number of nitrogens with zero attached hydrogens (tertiary/aromatic N) is 2. The van der Waals surface area contributed by atoms with Crippen LogP contribution >= 0.6 is 0 Å². The van der Waals surface area contributed by atoms with Crippen LogP contribution in [-0.4, -0.2) is 55.7 Å². The molecule has 31 heavy (non-hydrogen) atoms. The summed E-state index contributed by atoms with van der Waals surface area (Å²) >= 11 is 0. The van der Waals surface area contributed by atoms with Gasteiger partial charge < -0.3 is 8.25 Å². The molecule has 0 unspecified atom stereocenters. The summed E-state index contributed by atoms with van der Waals surface area (Å²) < 4.78 is 218. The first-order valence-electron chi connectivity index (χ1n) is 5.15. The van der Waals surface area contributed by atoms with Gasteiger partial charge in [0.15, 0.2) is 40.1 Å². The van der Waals surface area contributed by atoms with Gasteiger partial charge in [-0.05, 0) is 0 Å². The summed E-state index contributed by atoms with van der Waals surface area (Å²) in [7, 11) is -26.9. The first-order valence-corrected chi connectivity index (χ1v) is 10.9. The third kappa shape index (κ3) is 9.82. The molecule has 0 aliphatic carbocycles. The van der Waals surface area contributed by atoms with Gasteiger partial charge in [0.2, 0.25) is 0 Å². The van der Waals surface area contributed by atoms with E-state index < -0.39 is 62.1 Å². The summed E-state index contributed by atoms with van der Waals surface area (Å²) in [5.74, 6) is 0. The van der Waals surface area contributed by atoms with Crippen LogP contribution in [-0.2, 0) is 57.2 Å². The van der Waals surface area contributed by atoms with Crippen molar-refractivity contribution in [3.63, 3.8) is 0 Å². The van der Waals surface area contributed by atoms with Crippen LogP contribution in [0.15, 0.2) is 0 Å². The summed E-state index contributed by atoms with van der Waals surface area (Å²) in [6, 6.07) is 0. The Hall–Kier alpha value is -0.601. The molecule has 0 heterocycles. The summed E-state index contributed by atoms with van der Waals surface area (Å²) in [4.78, 5) is 0. The predicted octanol–water partition coefficient (Wildman–Crippen LogP) is 2.12. The van der Waals surface area contributed by atoms with Crippen molar-refractivity contribution in [2.45, 2.75) is 22.0 Å². The Balaban J connectivity index is -0.000000490. The molecule has 0 amide bonds. The molecule has 191 valence electrons. The molecule has 0 saturated heterocycles. The van der Waals surface area contributed by atoms with Crippen molar-refractivity contribution in [2.24, 2.45) is 0 Å². The van der Waals surface area contributed by atoms with Gasteiger partial charge in [-0.1, -0.05) is 0 Å². The second kappa shape index (κ2) is 9.72. The van der Waals surface area contributed by atoms with E-state index >= 15 is 0 Å². The van der Waals surface area contributed by atoms with E-state index in [-0.39, 0.29) is 17.1 Å². The Labute approximate surface area is 174 Å². The maximum atomic E-state index is 11.4. The van der Waals surface area contributed by atoms with Crippen molar-refractivity contribution in [3.05, 3.63) is 8.25 Å². The van der Waals surface area contributed by atoms with Crippen molar-refractivity contribution >= 4 is 40.1 Å². The smallest absolute Gasteiger partial charge is 0.421 e. The number of sulfonamides is 4. The third-order valence-electron chi connectivity index (χ3n) is 1.56. The normalized spacial score (nSPS) is 14.8. The second-order valence-corrected chi connectivity index (χ2v) is 10.7. The number of hydrogen-bond donors (Lipinski definition) is 0. The van der Waals surface area contributed by atoms with Gasteiger partial charge in [-0.25, -0.2) is 33.7 Å². The Morgan fingerprint density at radius 1 is 0.355 bits per heavy atom. The minimum atomic E-state index is -6.72. The molecular weight excluding hydrogens is 615 g/mol. The van der Waals surface area contributed by atoms with Gasteiger partial charge in [0.05, 0.1) is 0 Å². The van der Waals surface area contributed by atoms with E-state index in [1.165, 1.54) is 0 Å². The van der Waals surface area contributed by atoms with Gasteiger partial charge in [-0.15, -0.1) is 0 Å². The maximum absolute atomic E-state index is 11.4. The first kappa shape index (κ1) is 35.0. The van der Waals surface area contributed by atoms with Gasteiger partial charge in [-0.2, -0.15) is 52.7 Å². The zero-order valence-corrected chi connectivity index (χ0v) is 17.2. The van der Waals surface area contributed by atoms with Crippen LogP contribution in [0.4, 0.5) is 52.7 Å². The maximum Gasteiger partial charge on any atom is 0.480 e. The van der Waals surface area contributed by atoms with Gasteiger partial charge >= 0.3 is 22.0 Å². The van der Waals surface area contributed by atoms with Crippen molar-refractivity contribution in [1.29, 1.82) is 0 Å². The zero-order valence-electron chi connectivity index (χ0n) is 12.7. The average molecular weight is 615 g/mol. The molecule has 0 spiro atoms. The van der Waals surface area contributed by atoms with E-state index in [4.69, 9.17) is 0 Å². The molecule has 0 N–H and O–H groups in total. The monoisotopic (exact) mass is 615 g/mol. The van der Waals surface area contributed by atoms with Crippen LogP contribution in [0.5, 0.6) is 0 Å². The van der Waals surface area contributed by atoms with Crippen molar-refractivity contribution in [2.75, 3.05) is 0 Å². The molecule has 27 heteroatoms. The second-order valence-electron chi connectivity index (χ2n) is 3.83. The molecule has 0 aromatic rings. The molecule has 0 rings (SSSR count). The molecule has 0 aliphatic heterocycles. The Bertz CT molecular complexity index is 862. The van der Waals surface area contributed by atoms with E-state index in [2.05, 4.69) is 0 Å². The van der Waals surface area contributed by atoms with E-state index in [0.29, 0.717) is 0 Å². The number of hydrogen-bond acceptors (Lipinski definition) is 8. The van der Waals surface area contributed by atoms with Crippen LogP contribution in [0.25, 0.3) is 8.25 Å². The zero-order chi connectivity index (χ0) is 25.4. The third-order valence-corrected chi connectivity index (χ3v) is 7.04. The molecular formula is C4F12MnN2O8S4-2. The van der Waals surface area contributed by atoms with E-state index in [1.54, 1.807) is 0 Å². The predicted molar refractivity (Wildman–Crippen MR) is 66.6 cm³/mol. The largest absolute Gasteiger partial charge is 0.480 e. The first-order chi connectivity index (χ1) is 12.4. The van der Waals surface area contributed by atoms with Gasteiger partial charge in [0.1, 0.15) is 0 Å². The Morgan fingerprint density at radius 3 is 0.516 bits per heavy atom. The summed E-state index contributed by atoms with van der Waals surface area (Å²) in [6.07, 6.45) is 0. The van der Waals surface area contributed by atoms with Crippen LogP contribution in [0.1, 0.15) is 0 Å². The molecule has 1 radical (unpaired) electrons. The number of alkyl halides is 12. The van der Waals surface area contributed by atoms with E-state index in [9.17, 15) is 86.4 Å². The quantitative estimate of drug-likeness (QED) is 0.343. The SMILES string of the molecule is O=S(=O)([N-]S(=O)(=O)C(F)(F)F)C(F)(F)F.O=S(=O)([N-]S(=O)(=O)C(F)(F)F)C(F)(F)F.[Mn]. The molecule has 0 aromatic carbocycles. The minimum Gasteiger partial charge on any atom is -0.421 e. The summed E-state index contributed by atoms with van der Waals surface area (Å²) in [5, 5.41) is 0. The molecule has 0 atom stereocenters. The molecule has 0 aliphatic rings. The van der Waals surface area contributed by atoms with Gasteiger partial charge in [0, 0.05) is 17.1 Å². The van der Waals surface area contributed by atoms with E-state index in [0.717, 1.165) is 8.25 Å². The summed E-state index contributed by atoms with van der Waals surface area (Å²) in [5.41, 5.74) is -24.8. The molecule has 0 aromatic heterocycles. The topological polar surface area (TPSA) is 165 Å². The van der Waals surface area contributed by atoms with Crippen LogP contribution in [0.2, 0.25) is 0 Å². The van der Waals surface area contributed by atoms with Crippen LogP contribution in [0.3, 0.4) is 0 Å². The fourth-order valence-corrected chi connectivity index (χ4v) is 3.85. The average Bonchev–Trinajstić information content (AvgIpc) is 2.30. The fraction of sp³-hybridized carbons (Fsp3) is 1.00. The van der Waals surface area contributed by atoms with Crippen molar-refractivity contribution in [3.8, 4) is 0 Å². The fourth-order valence-electron chi connectivity index (χ4n) is 0.427. The van der Waals surface area contributed by atoms with Gasteiger partial charge in [-0.3, -0.25) is 0 Å². The van der Waals surface area contributed by atoms with Crippen LogP contribution < -0.4 is 0 Å².